The fraction of sp³-hybridized carbons (Fsp3) is 0.471. The van der Waals surface area contributed by atoms with Crippen molar-refractivity contribution in [1.82, 2.24) is 4.98 Å². The van der Waals surface area contributed by atoms with Gasteiger partial charge in [0, 0.05) is 18.5 Å². The van der Waals surface area contributed by atoms with Gasteiger partial charge in [-0.3, -0.25) is 21.0 Å². The van der Waals surface area contributed by atoms with Crippen LogP contribution in [-0.2, 0) is 0 Å². The molecule has 1 aromatic carbocycles. The van der Waals surface area contributed by atoms with Gasteiger partial charge in [0.05, 0.1) is 54.9 Å². The molecule has 144 valence electrons. The summed E-state index contributed by atoms with van der Waals surface area (Å²) in [7, 11) is 0. The Balaban J connectivity index is 1.36. The van der Waals surface area contributed by atoms with E-state index < -0.39 is 4.92 Å². The van der Waals surface area contributed by atoms with Gasteiger partial charge in [0.25, 0.3) is 0 Å². The van der Waals surface area contributed by atoms with Crippen molar-refractivity contribution in [1.29, 1.82) is 0 Å². The van der Waals surface area contributed by atoms with E-state index in [0.29, 0.717) is 15.8 Å². The highest BCUT2D eigenvalue weighted by molar-refractivity contribution is 7.18. The molecular weight excluding hydrogens is 388 g/mol. The molecule has 4 rings (SSSR count). The maximum absolute atomic E-state index is 10.7. The molecule has 2 fully saturated rings. The number of hydrogen-bond acceptors (Lipinski definition) is 7. The molecular formula is C17H22ClN6O2S+. The third-order valence-electron chi connectivity index (χ3n) is 5.50. The third-order valence-corrected chi connectivity index (χ3v) is 6.68. The van der Waals surface area contributed by atoms with Gasteiger partial charge in [0.1, 0.15) is 6.20 Å². The van der Waals surface area contributed by atoms with Gasteiger partial charge in [-0.1, -0.05) is 11.6 Å². The van der Waals surface area contributed by atoms with E-state index in [4.69, 9.17) is 11.6 Å². The highest BCUT2D eigenvalue weighted by Gasteiger charge is 2.35. The molecule has 0 saturated carbocycles. The molecule has 0 unspecified atom stereocenters. The first-order valence-electron chi connectivity index (χ1n) is 9.07. The number of hydrazine groups is 1. The van der Waals surface area contributed by atoms with Crippen LogP contribution in [-0.4, -0.2) is 53.7 Å². The van der Waals surface area contributed by atoms with Gasteiger partial charge in [-0.25, -0.2) is 4.98 Å². The zero-order valence-electron chi connectivity index (χ0n) is 14.9. The van der Waals surface area contributed by atoms with Gasteiger partial charge < -0.3 is 9.38 Å². The molecule has 0 bridgehead atoms. The number of nitrogens with one attached hydrogen (secondary N) is 2. The number of hydrogen-bond donors (Lipinski definition) is 2. The van der Waals surface area contributed by atoms with Crippen molar-refractivity contribution < 1.29 is 9.41 Å². The van der Waals surface area contributed by atoms with Gasteiger partial charge in [-0.05, 0) is 29.5 Å². The predicted octanol–water partition coefficient (Wildman–Crippen LogP) is 3.57. The van der Waals surface area contributed by atoms with E-state index in [1.807, 2.05) is 12.1 Å². The average molecular weight is 410 g/mol. The molecule has 2 aliphatic rings. The number of anilines is 3. The van der Waals surface area contributed by atoms with Gasteiger partial charge in [0.15, 0.2) is 0 Å². The van der Waals surface area contributed by atoms with Crippen molar-refractivity contribution in [3.63, 3.8) is 0 Å². The third kappa shape index (κ3) is 3.95. The summed E-state index contributed by atoms with van der Waals surface area (Å²) in [6.07, 6.45) is 3.95. The second kappa shape index (κ2) is 7.49. The molecule has 10 heteroatoms. The Morgan fingerprint density at radius 2 is 1.93 bits per heavy atom. The maximum atomic E-state index is 10.7. The Morgan fingerprint density at radius 3 is 2.56 bits per heavy atom. The molecule has 0 radical (unpaired) electrons. The van der Waals surface area contributed by atoms with Crippen LogP contribution in [0.5, 0.6) is 0 Å². The zero-order chi connectivity index (χ0) is 18.9. The summed E-state index contributed by atoms with van der Waals surface area (Å²) in [5, 5.41) is 11.7. The van der Waals surface area contributed by atoms with E-state index in [9.17, 15) is 10.1 Å². The lowest BCUT2D eigenvalue weighted by Crippen LogP contribution is -2.58. The highest BCUT2D eigenvalue weighted by atomic mass is 35.5. The lowest BCUT2D eigenvalue weighted by molar-refractivity contribution is -0.917. The molecule has 3 heterocycles. The molecule has 8 nitrogen and oxygen atoms in total. The Bertz CT molecular complexity index is 829. The van der Waals surface area contributed by atoms with E-state index >= 15 is 0 Å². The lowest BCUT2D eigenvalue weighted by Gasteiger charge is -2.42. The van der Waals surface area contributed by atoms with Crippen molar-refractivity contribution in [3.05, 3.63) is 39.5 Å². The fourth-order valence-electron chi connectivity index (χ4n) is 3.93. The molecule has 1 aromatic heterocycles. The largest absolute Gasteiger partial charge is 0.360 e. The number of nitrogens with zero attached hydrogens (tertiary/aromatic N) is 4. The maximum Gasteiger partial charge on any atom is 0.345 e. The SMILES string of the molecule is O=[N+]([O-])c1cnc(NNc2ccc(N3CC[N+]4(CCCC4)CC3)cc2Cl)s1. The molecule has 2 N–H and O–H groups in total. The number of quaternary nitrogens is 1. The number of thiazole rings is 1. The van der Waals surface area contributed by atoms with Crippen molar-refractivity contribution in [3.8, 4) is 0 Å². The minimum Gasteiger partial charge on any atom is -0.360 e. The summed E-state index contributed by atoms with van der Waals surface area (Å²) in [6, 6.07) is 5.94. The van der Waals surface area contributed by atoms with E-state index in [-0.39, 0.29) is 5.00 Å². The summed E-state index contributed by atoms with van der Waals surface area (Å²) in [4.78, 5) is 16.6. The normalized spacial score (nSPS) is 18.6. The lowest BCUT2D eigenvalue weighted by atomic mass is 10.2. The Hall–Kier alpha value is -2.10. The summed E-state index contributed by atoms with van der Waals surface area (Å²) < 4.78 is 1.29. The monoisotopic (exact) mass is 409 g/mol. The van der Waals surface area contributed by atoms with Crippen LogP contribution in [0.1, 0.15) is 12.8 Å². The predicted molar refractivity (Wildman–Crippen MR) is 109 cm³/mol. The Labute approximate surface area is 166 Å². The van der Waals surface area contributed by atoms with Crippen LogP contribution < -0.4 is 15.8 Å². The number of nitro groups is 1. The molecule has 0 amide bonds. The van der Waals surface area contributed by atoms with Crippen LogP contribution in [0.4, 0.5) is 21.5 Å². The Kier molecular flexibility index (Phi) is 5.07. The number of benzene rings is 1. The van der Waals surface area contributed by atoms with Crippen molar-refractivity contribution in [2.24, 2.45) is 0 Å². The van der Waals surface area contributed by atoms with Crippen LogP contribution in [0, 0.1) is 10.1 Å². The smallest absolute Gasteiger partial charge is 0.345 e. The first-order chi connectivity index (χ1) is 13.0. The van der Waals surface area contributed by atoms with Crippen molar-refractivity contribution in [2.75, 3.05) is 55.0 Å². The van der Waals surface area contributed by atoms with Crippen LogP contribution in [0.2, 0.25) is 5.02 Å². The molecule has 0 atom stereocenters. The average Bonchev–Trinajstić information content (AvgIpc) is 3.31. The van der Waals surface area contributed by atoms with E-state index in [0.717, 1.165) is 30.1 Å². The standard InChI is InChI=1S/C17H22ClN6O2S/c18-14-11-13(22-5-9-24(10-6-22)7-1-2-8-24)3-4-15(14)20-21-17-19-12-16(27-17)23(25)26/h3-4,11-12,20H,1-2,5-10H2,(H,19,21)/q+1. The molecule has 2 aliphatic heterocycles. The van der Waals surface area contributed by atoms with E-state index in [2.05, 4.69) is 26.8 Å². The highest BCUT2D eigenvalue weighted by Crippen LogP contribution is 2.31. The number of halogens is 1. The second-order valence-electron chi connectivity index (χ2n) is 7.11. The number of aromatic nitrogens is 1. The second-order valence-corrected chi connectivity index (χ2v) is 8.52. The summed E-state index contributed by atoms with van der Waals surface area (Å²) in [5.41, 5.74) is 7.67. The van der Waals surface area contributed by atoms with Crippen LogP contribution >= 0.6 is 22.9 Å². The molecule has 1 spiro atoms. The van der Waals surface area contributed by atoms with Crippen molar-refractivity contribution in [2.45, 2.75) is 12.8 Å². The van der Waals surface area contributed by atoms with Gasteiger partial charge in [-0.15, -0.1) is 0 Å². The molecule has 2 aromatic rings. The first-order valence-corrected chi connectivity index (χ1v) is 10.3. The fourth-order valence-corrected chi connectivity index (χ4v) is 4.74. The Morgan fingerprint density at radius 1 is 1.19 bits per heavy atom. The topological polar surface area (TPSA) is 83.3 Å². The van der Waals surface area contributed by atoms with Crippen molar-refractivity contribution >= 4 is 44.4 Å². The number of piperazine rings is 1. The summed E-state index contributed by atoms with van der Waals surface area (Å²) in [6.45, 7) is 7.20. The minimum atomic E-state index is -0.461. The van der Waals surface area contributed by atoms with E-state index in [1.54, 1.807) is 0 Å². The number of rotatable bonds is 5. The molecule has 0 aliphatic carbocycles. The first kappa shape index (κ1) is 18.3. The zero-order valence-corrected chi connectivity index (χ0v) is 16.4. The quantitative estimate of drug-likeness (QED) is 0.446. The minimum absolute atomic E-state index is 0.00993. The summed E-state index contributed by atoms with van der Waals surface area (Å²) in [5.74, 6) is 0. The molecule has 27 heavy (non-hydrogen) atoms. The van der Waals surface area contributed by atoms with Gasteiger partial charge in [-0.2, -0.15) is 0 Å². The van der Waals surface area contributed by atoms with Crippen LogP contribution in [0.25, 0.3) is 0 Å². The van der Waals surface area contributed by atoms with E-state index in [1.165, 1.54) is 49.7 Å². The molecule has 2 saturated heterocycles. The van der Waals surface area contributed by atoms with Crippen LogP contribution in [0.3, 0.4) is 0 Å². The summed E-state index contributed by atoms with van der Waals surface area (Å²) >= 11 is 7.40. The van der Waals surface area contributed by atoms with Crippen LogP contribution in [0.15, 0.2) is 24.4 Å². The van der Waals surface area contributed by atoms with Gasteiger partial charge in [0.2, 0.25) is 5.13 Å². The van der Waals surface area contributed by atoms with Gasteiger partial charge >= 0.3 is 5.00 Å².